The van der Waals surface area contributed by atoms with Crippen LogP contribution in [0.2, 0.25) is 0 Å². The van der Waals surface area contributed by atoms with Gasteiger partial charge in [0.05, 0.1) is 105 Å². The molecule has 0 saturated carbocycles. The van der Waals surface area contributed by atoms with Crippen LogP contribution in [-0.4, -0.2) is 175 Å². The summed E-state index contributed by atoms with van der Waals surface area (Å²) >= 11 is 6.79. The van der Waals surface area contributed by atoms with Crippen molar-refractivity contribution in [2.24, 2.45) is 0 Å². The zero-order valence-corrected chi connectivity index (χ0v) is 96.1. The predicted molar refractivity (Wildman–Crippen MR) is 497 cm³/mol. The number of benzene rings is 5. The number of amides is 6. The molecule has 9 radical (unpaired) electrons. The van der Waals surface area contributed by atoms with Crippen LogP contribution in [0.1, 0.15) is 16.7 Å². The van der Waals surface area contributed by atoms with Crippen molar-refractivity contribution in [2.75, 3.05) is 42.7 Å². The molecule has 5 aromatic carbocycles. The maximum Gasteiger partial charge on any atom is 2.00 e. The SMILES string of the molecule is COC([NH-])=O.COC([NH-])=O.COC([NH-])=O.COC([NH-])=O.COC([NH-])=O.COC([NH-])=O.[CH2-]c1cc(-c2cc3ccc(-c4cnc(P[C-]=O)[nH]4)cc3s2)ccc1-c1[c-]nc(P[C-]=O)[nH]1.[CH2-]c1cc(-c2cc3sc(-c4cnc(P[C-]=O)[nH]4)cc3s2)ccc1-c1[c-]nc(P[C-]=O)[nH]1.[CH2-]c1cc(-c2ccc3cc(-c4cnc(P[C-]=O)[nH]4)sc3c2)ccc1-c1[c-]nc(P[C-]=O)[nH]1.[V+2].[V+2].[V+2].[V+2].[V+2].[V+2].[Y].[Y].[Y]. The number of carbonyl (C=O) groups excluding carboxylic acids is 12. The maximum absolute atomic E-state index is 10.6. The van der Waals surface area contributed by atoms with Gasteiger partial charge in [0.15, 0.2) is 0 Å². The molecule has 134 heavy (non-hydrogen) atoms. The van der Waals surface area contributed by atoms with Crippen molar-refractivity contribution in [1.29, 1.82) is 0 Å². The number of methoxy groups -OCH3 is 6. The third kappa shape index (κ3) is 42.3. The molecule has 0 fully saturated rings. The summed E-state index contributed by atoms with van der Waals surface area (Å²) in [5, 5.41) is 2.30. The van der Waals surface area contributed by atoms with Crippen molar-refractivity contribution in [3.63, 3.8) is 0 Å². The van der Waals surface area contributed by atoms with Gasteiger partial charge in [0.2, 0.25) is 36.6 Å². The van der Waals surface area contributed by atoms with Gasteiger partial charge in [0.1, 0.15) is 0 Å². The number of H-pyrrole nitrogens is 6. The van der Waals surface area contributed by atoms with Crippen LogP contribution in [0.15, 0.2) is 134 Å². The Kier molecular flexibility index (Phi) is 68.2. The number of fused-ring (bicyclic) bond motifs is 3. The van der Waals surface area contributed by atoms with E-state index in [9.17, 15) is 57.5 Å². The number of aromatic nitrogens is 12. The first-order chi connectivity index (χ1) is 60.0. The van der Waals surface area contributed by atoms with Crippen molar-refractivity contribution >= 4 is 233 Å². The summed E-state index contributed by atoms with van der Waals surface area (Å²) < 4.78 is 27.4. The Labute approximate surface area is 940 Å². The molecule has 15 rings (SSSR count). The van der Waals surface area contributed by atoms with Crippen LogP contribution in [0, 0.1) is 39.4 Å². The van der Waals surface area contributed by atoms with Gasteiger partial charge in [-0.3, -0.25) is 28.8 Å². The first kappa shape index (κ1) is 132. The van der Waals surface area contributed by atoms with Crippen LogP contribution in [-0.2, 0) is 267 Å². The fourth-order valence-electron chi connectivity index (χ4n) is 10.1. The number of imidazole rings is 6. The summed E-state index contributed by atoms with van der Waals surface area (Å²) in [7, 11) is 6.30. The van der Waals surface area contributed by atoms with Crippen molar-refractivity contribution in [3.05, 3.63) is 224 Å². The summed E-state index contributed by atoms with van der Waals surface area (Å²) in [5.41, 5.74) is 54.9. The number of carbonyl (C=O) groups is 6. The number of thiophene rings is 4. The Balaban J connectivity index is -0.00000161. The molecule has 36 nitrogen and oxygen atoms in total. The Hall–Kier alpha value is -6.41. The van der Waals surface area contributed by atoms with Crippen molar-refractivity contribution in [3.8, 4) is 98.2 Å². The van der Waals surface area contributed by atoms with E-state index >= 15 is 0 Å². The van der Waals surface area contributed by atoms with E-state index in [1.807, 2.05) is 84.7 Å². The number of aromatic amines is 6. The molecule has 55 heteroatoms. The van der Waals surface area contributed by atoms with Gasteiger partial charge in [-0.15, -0.1) is 80.2 Å². The average Bonchev–Trinajstić information content (AvgIpc) is 1.63. The molecule has 0 saturated heterocycles. The summed E-state index contributed by atoms with van der Waals surface area (Å²) in [6.07, 6.45) is 8.03. The predicted octanol–water partition coefficient (Wildman–Crippen LogP) is 17.1. The smallest absolute Gasteiger partial charge is 0.632 e. The zero-order chi connectivity index (χ0) is 91.2. The fraction of sp³-hybridized carbons (Fsp3) is 0.0759. The number of hydrogen-bond donors (Lipinski definition) is 6. The Morgan fingerprint density at radius 2 is 0.552 bits per heavy atom. The molecule has 0 aliphatic heterocycles. The van der Waals surface area contributed by atoms with Gasteiger partial charge < -0.3 is 136 Å². The monoisotopic (exact) mass is 2440 g/mol. The normalized spacial score (nSPS) is 9.93. The Morgan fingerprint density at radius 3 is 0.888 bits per heavy atom. The first-order valence-electron chi connectivity index (χ1n) is 34.2. The van der Waals surface area contributed by atoms with Gasteiger partial charge in [-0.25, -0.2) is 76.9 Å². The number of rotatable bonds is 21. The fourth-order valence-corrected chi connectivity index (χ4v) is 17.0. The van der Waals surface area contributed by atoms with Crippen molar-refractivity contribution < 1.29 is 295 Å². The molecular formula is C79H64N18O18P6S4V6Y3-6. The van der Waals surface area contributed by atoms with E-state index in [1.54, 1.807) is 63.9 Å². The number of ether oxygens (including phenoxy) is 6. The third-order valence-electron chi connectivity index (χ3n) is 15.5. The molecule has 6 unspecified atom stereocenters. The van der Waals surface area contributed by atoms with Gasteiger partial charge in [0.25, 0.3) is 0 Å². The van der Waals surface area contributed by atoms with Crippen LogP contribution in [0.4, 0.5) is 28.8 Å². The third-order valence-corrected chi connectivity index (χ3v) is 23.7. The van der Waals surface area contributed by atoms with Gasteiger partial charge in [-0.2, -0.15) is 81.4 Å². The molecular weight excluding hydrogens is 2380 g/mol. The molecule has 0 bridgehead atoms. The number of hydrogen-bond acceptors (Lipinski definition) is 28. The maximum atomic E-state index is 10.6. The van der Waals surface area contributed by atoms with Gasteiger partial charge in [-0.05, 0) is 69.4 Å². The van der Waals surface area contributed by atoms with E-state index < -0.39 is 36.6 Å². The summed E-state index contributed by atoms with van der Waals surface area (Å²) in [6, 6.07) is 50.7. The van der Waals surface area contributed by atoms with E-state index in [0.29, 0.717) is 44.8 Å². The second-order valence-electron chi connectivity index (χ2n) is 23.3. The zero-order valence-electron chi connectivity index (χ0n) is 69.9. The number of nitrogens with one attached hydrogen (secondary N) is 12. The molecule has 10 heterocycles. The first-order valence-corrected chi connectivity index (χ1v) is 43.5. The van der Waals surface area contributed by atoms with Crippen LogP contribution in [0.5, 0.6) is 0 Å². The minimum absolute atomic E-state index is 0. The molecule has 0 aliphatic rings. The molecule has 6 atom stereocenters. The largest absolute Gasteiger partial charge is 2.00 e. The van der Waals surface area contributed by atoms with E-state index in [2.05, 4.69) is 194 Å². The Morgan fingerprint density at radius 1 is 0.313 bits per heavy atom. The summed E-state index contributed by atoms with van der Waals surface area (Å²) in [6.45, 7) is 12.5. The number of nitrogens with zero attached hydrogens (tertiary/aromatic N) is 6. The standard InChI is InChI=1S/2C23H14N4O2P2S.C21H12N4O2P2S2.6C2H5NO2.6V.3Y/c1-13-6-14(4-5-17(13)18-9-24-22(26-18)30-11-28)15-2-3-16-8-21(32-20(16)7-15)19-10-25-23(27-19)31-12-29;1-13-6-15(4-5-17(13)19-10-25-23(27-19)31-12-29)21-8-16-3-2-14(7-20(16)32-21)18-9-24-22(26-18)30-11-28;1-11-4-12(2-3-13(11)14-7-22-20(24-14)28-9-26)16-5-18-19(30-16)6-17(31-18)15-8-23-21(25-15)29-10-27;6*1-5-2(3)4;;;;;;;;;/h2-8,10,30-31H,1H2,(H,24,26)(H,25,27);2-9,30-31H,1H2,(H,24,26)(H,25,27);2-6,8,28-29H,1H2,(H,22,24)(H,23,25);6*1H3,(H2,3,4);;;;;;;;;/q3*-4;;;;;;;6*+2;;;/p-6. The van der Waals surface area contributed by atoms with E-state index in [-0.39, 0.29) is 261 Å². The van der Waals surface area contributed by atoms with Crippen LogP contribution >= 0.6 is 96.8 Å². The topological polar surface area (TPSA) is 575 Å². The molecule has 12 N–H and O–H groups in total. The van der Waals surface area contributed by atoms with E-state index in [0.717, 1.165) is 166 Å². The van der Waals surface area contributed by atoms with Crippen LogP contribution < -0.4 is 33.4 Å². The van der Waals surface area contributed by atoms with E-state index in [4.69, 9.17) is 34.4 Å². The van der Waals surface area contributed by atoms with Crippen LogP contribution in [0.25, 0.3) is 162 Å². The second-order valence-corrected chi connectivity index (χ2v) is 33.2. The molecule has 677 valence electrons. The van der Waals surface area contributed by atoms with Gasteiger partial charge >= 0.3 is 111 Å². The summed E-state index contributed by atoms with van der Waals surface area (Å²) in [5.74, 6) is 0. The minimum Gasteiger partial charge on any atom is -0.632 e. The summed E-state index contributed by atoms with van der Waals surface area (Å²) in [4.78, 5) is 167. The minimum atomic E-state index is -0.995. The van der Waals surface area contributed by atoms with Crippen molar-refractivity contribution in [2.45, 2.75) is 0 Å². The molecule has 6 amide bonds. The molecule has 0 aliphatic carbocycles. The van der Waals surface area contributed by atoms with Gasteiger partial charge in [-0.1, -0.05) is 94.8 Å². The van der Waals surface area contributed by atoms with E-state index in [1.165, 1.54) is 9.40 Å². The average molecular weight is 2440 g/mol. The molecule has 10 aromatic heterocycles. The van der Waals surface area contributed by atoms with Gasteiger partial charge in [0, 0.05) is 132 Å². The second kappa shape index (κ2) is 69.4. The molecule has 15 aromatic rings. The Bertz CT molecular complexity index is 6000. The van der Waals surface area contributed by atoms with Crippen molar-refractivity contribution in [1.82, 2.24) is 59.8 Å². The van der Waals surface area contributed by atoms with Crippen LogP contribution in [0.3, 0.4) is 0 Å². The molecule has 0 spiro atoms. The quantitative estimate of drug-likeness (QED) is 0.0221.